The van der Waals surface area contributed by atoms with Crippen molar-refractivity contribution >= 4 is 22.8 Å². The summed E-state index contributed by atoms with van der Waals surface area (Å²) >= 11 is 1.71. The second-order valence-corrected chi connectivity index (χ2v) is 6.16. The Hall–Kier alpha value is -1.49. The van der Waals surface area contributed by atoms with Crippen LogP contribution in [-0.2, 0) is 9.53 Å². The molecule has 100 valence electrons. The fourth-order valence-corrected chi connectivity index (χ4v) is 3.62. The summed E-state index contributed by atoms with van der Waals surface area (Å²) in [5.74, 6) is 0.589. The van der Waals surface area contributed by atoms with Crippen LogP contribution in [0.3, 0.4) is 0 Å². The van der Waals surface area contributed by atoms with Crippen LogP contribution >= 0.6 is 11.8 Å². The monoisotopic (exact) mass is 277 g/mol. The molecule has 0 saturated heterocycles. The molecule has 0 N–H and O–H groups in total. The molecule has 1 saturated carbocycles. The lowest BCUT2D eigenvalue weighted by atomic mass is 10.2. The molecule has 0 amide bonds. The van der Waals surface area contributed by atoms with E-state index in [-0.39, 0.29) is 16.8 Å². The van der Waals surface area contributed by atoms with Gasteiger partial charge in [0.05, 0.1) is 24.0 Å². The van der Waals surface area contributed by atoms with Crippen LogP contribution in [0.15, 0.2) is 29.3 Å². The SMILES string of the molecule is COC(=O)C1N=C(c2ccc(OC)cc2)SC12CC2. The Bertz CT molecular complexity index is 534. The van der Waals surface area contributed by atoms with Gasteiger partial charge >= 0.3 is 5.97 Å². The number of aliphatic imine (C=N–C) groups is 1. The van der Waals surface area contributed by atoms with E-state index in [4.69, 9.17) is 9.47 Å². The van der Waals surface area contributed by atoms with Gasteiger partial charge in [-0.2, -0.15) is 0 Å². The third kappa shape index (κ3) is 2.12. The molecule has 0 aromatic heterocycles. The summed E-state index contributed by atoms with van der Waals surface area (Å²) in [5, 5.41) is 0.926. The molecule has 3 rings (SSSR count). The van der Waals surface area contributed by atoms with Gasteiger partial charge in [0, 0.05) is 5.56 Å². The first-order valence-electron chi connectivity index (χ1n) is 6.17. The number of carbonyl (C=O) groups is 1. The number of rotatable bonds is 3. The third-order valence-corrected chi connectivity index (χ3v) is 5.12. The van der Waals surface area contributed by atoms with Gasteiger partial charge in [-0.1, -0.05) is 11.8 Å². The predicted octanol–water partition coefficient (Wildman–Crippen LogP) is 2.26. The van der Waals surface area contributed by atoms with Crippen molar-refractivity contribution in [3.8, 4) is 5.75 Å². The summed E-state index contributed by atoms with van der Waals surface area (Å²) in [4.78, 5) is 16.3. The van der Waals surface area contributed by atoms with Crippen molar-refractivity contribution in [2.45, 2.75) is 23.6 Å². The van der Waals surface area contributed by atoms with Crippen molar-refractivity contribution < 1.29 is 14.3 Å². The van der Waals surface area contributed by atoms with Crippen molar-refractivity contribution in [3.05, 3.63) is 29.8 Å². The fraction of sp³-hybridized carbons (Fsp3) is 0.429. The average molecular weight is 277 g/mol. The molecule has 1 aromatic carbocycles. The van der Waals surface area contributed by atoms with Gasteiger partial charge in [-0.05, 0) is 37.1 Å². The fourth-order valence-electron chi connectivity index (χ4n) is 2.25. The smallest absolute Gasteiger partial charge is 0.332 e. The van der Waals surface area contributed by atoms with Crippen molar-refractivity contribution in [1.29, 1.82) is 0 Å². The van der Waals surface area contributed by atoms with E-state index in [9.17, 15) is 4.79 Å². The Kier molecular flexibility index (Phi) is 3.01. The summed E-state index contributed by atoms with van der Waals surface area (Å²) < 4.78 is 9.95. The average Bonchev–Trinajstić information content (AvgIpc) is 3.11. The lowest BCUT2D eigenvalue weighted by Gasteiger charge is -2.12. The minimum atomic E-state index is -0.348. The molecule has 1 heterocycles. The van der Waals surface area contributed by atoms with Gasteiger partial charge in [0.1, 0.15) is 5.75 Å². The summed E-state index contributed by atoms with van der Waals surface area (Å²) in [5.41, 5.74) is 1.03. The van der Waals surface area contributed by atoms with Gasteiger partial charge in [0.25, 0.3) is 0 Å². The Labute approximate surface area is 116 Å². The predicted molar refractivity (Wildman–Crippen MR) is 74.9 cm³/mol. The van der Waals surface area contributed by atoms with Crippen LogP contribution in [0.25, 0.3) is 0 Å². The van der Waals surface area contributed by atoms with Crippen LogP contribution in [0, 0.1) is 0 Å². The Morgan fingerprint density at radius 2 is 2.00 bits per heavy atom. The van der Waals surface area contributed by atoms with E-state index in [2.05, 4.69) is 4.99 Å². The van der Waals surface area contributed by atoms with Crippen LogP contribution in [-0.4, -0.2) is 36.0 Å². The number of hydrogen-bond acceptors (Lipinski definition) is 5. The molecule has 0 radical (unpaired) electrons. The highest BCUT2D eigenvalue weighted by atomic mass is 32.2. The largest absolute Gasteiger partial charge is 0.497 e. The highest BCUT2D eigenvalue weighted by molar-refractivity contribution is 8.16. The van der Waals surface area contributed by atoms with Gasteiger partial charge in [-0.15, -0.1) is 0 Å². The molecule has 0 bridgehead atoms. The molecule has 1 unspecified atom stereocenters. The Balaban J connectivity index is 1.87. The van der Waals surface area contributed by atoms with Gasteiger partial charge in [-0.3, -0.25) is 4.99 Å². The first-order valence-corrected chi connectivity index (χ1v) is 6.99. The minimum Gasteiger partial charge on any atom is -0.497 e. The van der Waals surface area contributed by atoms with E-state index < -0.39 is 0 Å². The molecule has 2 aliphatic rings. The van der Waals surface area contributed by atoms with Crippen LogP contribution in [0.2, 0.25) is 0 Å². The van der Waals surface area contributed by atoms with Crippen LogP contribution < -0.4 is 4.74 Å². The molecule has 5 heteroatoms. The maximum atomic E-state index is 11.8. The molecule has 1 atom stereocenters. The maximum absolute atomic E-state index is 11.8. The Morgan fingerprint density at radius 1 is 1.32 bits per heavy atom. The van der Waals surface area contributed by atoms with E-state index in [1.54, 1.807) is 18.9 Å². The number of carbonyl (C=O) groups excluding carboxylic acids is 1. The number of methoxy groups -OCH3 is 2. The van der Waals surface area contributed by atoms with Gasteiger partial charge < -0.3 is 9.47 Å². The standard InChI is InChI=1S/C14H15NO3S/c1-17-10-5-3-9(4-6-10)12-15-11(13(16)18-2)14(19-12)7-8-14/h3-6,11H,7-8H2,1-2H3. The third-order valence-electron chi connectivity index (χ3n) is 3.55. The summed E-state index contributed by atoms with van der Waals surface area (Å²) in [6.45, 7) is 0. The Morgan fingerprint density at radius 3 is 2.53 bits per heavy atom. The highest BCUT2D eigenvalue weighted by Crippen LogP contribution is 2.57. The molecule has 1 aromatic rings. The van der Waals surface area contributed by atoms with Crippen LogP contribution in [0.4, 0.5) is 0 Å². The maximum Gasteiger partial charge on any atom is 0.332 e. The van der Waals surface area contributed by atoms with Crippen molar-refractivity contribution in [3.63, 3.8) is 0 Å². The zero-order chi connectivity index (χ0) is 13.5. The van der Waals surface area contributed by atoms with E-state index in [0.29, 0.717) is 0 Å². The molecule has 1 fully saturated rings. The van der Waals surface area contributed by atoms with Crippen LogP contribution in [0.5, 0.6) is 5.75 Å². The van der Waals surface area contributed by atoms with Crippen molar-refractivity contribution in [2.24, 2.45) is 4.99 Å². The number of thioether (sulfide) groups is 1. The van der Waals surface area contributed by atoms with Gasteiger partial charge in [0.2, 0.25) is 0 Å². The summed E-state index contributed by atoms with van der Waals surface area (Å²) in [6.07, 6.45) is 2.06. The van der Waals surface area contributed by atoms with Crippen molar-refractivity contribution in [1.82, 2.24) is 0 Å². The number of nitrogens with zero attached hydrogens (tertiary/aromatic N) is 1. The first kappa shape index (κ1) is 12.5. The molecule has 4 nitrogen and oxygen atoms in total. The summed E-state index contributed by atoms with van der Waals surface area (Å²) in [7, 11) is 3.06. The highest BCUT2D eigenvalue weighted by Gasteiger charge is 2.58. The number of esters is 1. The van der Waals surface area contributed by atoms with E-state index >= 15 is 0 Å². The second-order valence-electron chi connectivity index (χ2n) is 4.76. The van der Waals surface area contributed by atoms with Gasteiger partial charge in [0.15, 0.2) is 6.04 Å². The molecular weight excluding hydrogens is 262 g/mol. The lowest BCUT2D eigenvalue weighted by molar-refractivity contribution is -0.142. The van der Waals surface area contributed by atoms with E-state index in [1.807, 2.05) is 24.3 Å². The molecular formula is C14H15NO3S. The zero-order valence-corrected chi connectivity index (χ0v) is 11.7. The number of ether oxygens (including phenoxy) is 2. The first-order chi connectivity index (χ1) is 9.18. The molecule has 1 spiro atoms. The number of hydrogen-bond donors (Lipinski definition) is 0. The second kappa shape index (κ2) is 4.56. The van der Waals surface area contributed by atoms with Crippen molar-refractivity contribution in [2.75, 3.05) is 14.2 Å². The topological polar surface area (TPSA) is 47.9 Å². The minimum absolute atomic E-state index is 0.0393. The lowest BCUT2D eigenvalue weighted by Crippen LogP contribution is -2.29. The van der Waals surface area contributed by atoms with Crippen LogP contribution in [0.1, 0.15) is 18.4 Å². The number of benzene rings is 1. The normalized spacial score (nSPS) is 23.1. The summed E-state index contributed by atoms with van der Waals surface area (Å²) in [6, 6.07) is 7.41. The van der Waals surface area contributed by atoms with E-state index in [1.165, 1.54) is 7.11 Å². The molecule has 19 heavy (non-hydrogen) atoms. The van der Waals surface area contributed by atoms with Gasteiger partial charge in [-0.25, -0.2) is 4.79 Å². The van der Waals surface area contributed by atoms with E-state index in [0.717, 1.165) is 29.2 Å². The zero-order valence-electron chi connectivity index (χ0n) is 10.9. The molecule has 1 aliphatic carbocycles. The quantitative estimate of drug-likeness (QED) is 0.795. The molecule has 1 aliphatic heterocycles.